The molecule has 48 heavy (non-hydrogen) atoms. The second kappa shape index (κ2) is 22.2. The number of primary amides is 1. The molecule has 0 bridgehead atoms. The molecule has 13 N–H and O–H groups in total. The highest BCUT2D eigenvalue weighted by molar-refractivity contribution is 7.98. The number of nitrogens with two attached hydrogens (primary N) is 4. The number of rotatable bonds is 23. The Morgan fingerprint density at radius 3 is 1.92 bits per heavy atom. The van der Waals surface area contributed by atoms with Crippen molar-refractivity contribution in [3.05, 3.63) is 35.9 Å². The molecule has 0 radical (unpaired) electrons. The topological polar surface area (TPSA) is 287 Å². The molecule has 0 aromatic heterocycles. The number of nitrogens with one attached hydrogen (secondary N) is 4. The highest BCUT2D eigenvalue weighted by Crippen LogP contribution is 2.10. The molecule has 0 aliphatic rings. The Morgan fingerprint density at radius 2 is 1.35 bits per heavy atom. The largest absolute Gasteiger partial charge is 0.480 e. The van der Waals surface area contributed by atoms with E-state index in [-0.39, 0.29) is 56.9 Å². The molecule has 0 fully saturated rings. The lowest BCUT2D eigenvalue weighted by molar-refractivity contribution is -0.142. The van der Waals surface area contributed by atoms with E-state index in [2.05, 4.69) is 26.3 Å². The first-order valence-corrected chi connectivity index (χ1v) is 17.1. The molecule has 1 aromatic rings. The van der Waals surface area contributed by atoms with Gasteiger partial charge in [0.15, 0.2) is 5.96 Å². The van der Waals surface area contributed by atoms with Crippen molar-refractivity contribution in [1.82, 2.24) is 21.3 Å². The van der Waals surface area contributed by atoms with Crippen molar-refractivity contribution in [3.63, 3.8) is 0 Å². The molecule has 0 spiro atoms. The number of benzene rings is 1. The fourth-order valence-electron chi connectivity index (χ4n) is 4.55. The van der Waals surface area contributed by atoms with Gasteiger partial charge in [0.25, 0.3) is 0 Å². The molecular formula is C31H51N9O7S. The first-order valence-electron chi connectivity index (χ1n) is 15.7. The minimum atomic E-state index is -1.42. The second-order valence-corrected chi connectivity index (χ2v) is 12.7. The lowest BCUT2D eigenvalue weighted by atomic mass is 10.0. The number of aliphatic imine (C=N–C) groups is 1. The van der Waals surface area contributed by atoms with Crippen molar-refractivity contribution in [3.8, 4) is 0 Å². The van der Waals surface area contributed by atoms with E-state index in [1.54, 1.807) is 24.3 Å². The summed E-state index contributed by atoms with van der Waals surface area (Å²) in [5, 5.41) is 20.0. The first kappa shape index (κ1) is 41.6. The van der Waals surface area contributed by atoms with E-state index >= 15 is 0 Å². The van der Waals surface area contributed by atoms with Crippen molar-refractivity contribution < 1.29 is 33.9 Å². The predicted octanol–water partition coefficient (Wildman–Crippen LogP) is -1.30. The van der Waals surface area contributed by atoms with Gasteiger partial charge in [-0.2, -0.15) is 11.8 Å². The van der Waals surface area contributed by atoms with Gasteiger partial charge in [0.2, 0.25) is 29.5 Å². The monoisotopic (exact) mass is 693 g/mol. The molecule has 0 unspecified atom stereocenters. The third-order valence-corrected chi connectivity index (χ3v) is 7.74. The molecule has 1 rings (SSSR count). The number of hydrogen-bond donors (Lipinski definition) is 9. The van der Waals surface area contributed by atoms with Crippen molar-refractivity contribution in [2.45, 2.75) is 89.0 Å². The zero-order valence-electron chi connectivity index (χ0n) is 27.8. The predicted molar refractivity (Wildman–Crippen MR) is 184 cm³/mol. The zero-order chi connectivity index (χ0) is 36.2. The number of thioether (sulfide) groups is 1. The van der Waals surface area contributed by atoms with Crippen molar-refractivity contribution >= 4 is 53.2 Å². The molecule has 5 atom stereocenters. The van der Waals surface area contributed by atoms with Gasteiger partial charge in [0.05, 0.1) is 6.04 Å². The third-order valence-electron chi connectivity index (χ3n) is 7.10. The van der Waals surface area contributed by atoms with Crippen molar-refractivity contribution in [2.24, 2.45) is 33.8 Å². The van der Waals surface area contributed by atoms with E-state index < -0.39 is 65.7 Å². The van der Waals surface area contributed by atoms with E-state index in [0.29, 0.717) is 12.2 Å². The normalized spacial score (nSPS) is 14.0. The van der Waals surface area contributed by atoms with Crippen LogP contribution < -0.4 is 44.2 Å². The molecule has 0 aliphatic heterocycles. The van der Waals surface area contributed by atoms with E-state index in [4.69, 9.17) is 22.9 Å². The van der Waals surface area contributed by atoms with Crippen molar-refractivity contribution in [1.29, 1.82) is 0 Å². The van der Waals surface area contributed by atoms with Crippen LogP contribution in [-0.4, -0.2) is 95.3 Å². The van der Waals surface area contributed by atoms with Gasteiger partial charge in [-0.25, -0.2) is 4.79 Å². The standard InChI is InChI=1S/C31H51N9O7S/c1-18(2)16-23(28(44)38-22(30(46)47)11-12-25(33)41)40-27(43)21(10-7-14-36-31(34)35)37-29(45)24(17-19-8-5-4-6-9-19)39-26(42)20(32)13-15-48-3/h4-6,8-9,18,20-24H,7,10-17,32H2,1-3H3,(H2,33,41)(H,37,45)(H,38,44)(H,39,42)(H,40,43)(H,46,47)(H4,34,35,36)/t20-,21-,22-,23-,24-/m0/s1. The van der Waals surface area contributed by atoms with Gasteiger partial charge in [-0.15, -0.1) is 0 Å². The highest BCUT2D eigenvalue weighted by atomic mass is 32.2. The van der Waals surface area contributed by atoms with E-state index in [9.17, 15) is 33.9 Å². The SMILES string of the molecule is CSCC[C@H](N)C(=O)N[C@@H](Cc1ccccc1)C(=O)N[C@@H](CCCN=C(N)N)C(=O)N[C@@H](CC(C)C)C(=O)N[C@@H](CCC(N)=O)C(=O)O. The summed E-state index contributed by atoms with van der Waals surface area (Å²) in [4.78, 5) is 80.4. The molecular weight excluding hydrogens is 642 g/mol. The summed E-state index contributed by atoms with van der Waals surface area (Å²) in [5.41, 5.74) is 22.8. The average Bonchev–Trinajstić information content (AvgIpc) is 3.02. The van der Waals surface area contributed by atoms with Crippen LogP contribution in [0, 0.1) is 5.92 Å². The molecule has 1 aromatic carbocycles. The fourth-order valence-corrected chi connectivity index (χ4v) is 5.04. The minimum Gasteiger partial charge on any atom is -0.480 e. The number of nitrogens with zero attached hydrogens (tertiary/aromatic N) is 1. The Kier molecular flexibility index (Phi) is 19.3. The quantitative estimate of drug-likeness (QED) is 0.0369. The number of guanidine groups is 1. The van der Waals surface area contributed by atoms with Gasteiger partial charge in [0.1, 0.15) is 24.2 Å². The second-order valence-electron chi connectivity index (χ2n) is 11.7. The Hall–Kier alpha value is -4.38. The van der Waals surface area contributed by atoms with Crippen LogP contribution >= 0.6 is 11.8 Å². The third kappa shape index (κ3) is 17.0. The number of carbonyl (C=O) groups is 6. The fraction of sp³-hybridized carbons (Fsp3) is 0.581. The van der Waals surface area contributed by atoms with Crippen LogP contribution in [0.1, 0.15) is 57.9 Å². The Labute approximate surface area is 285 Å². The van der Waals surface area contributed by atoms with Crippen LogP contribution in [0.15, 0.2) is 35.3 Å². The summed E-state index contributed by atoms with van der Waals surface area (Å²) in [6.45, 7) is 3.76. The number of amides is 5. The molecule has 5 amide bonds. The van der Waals surface area contributed by atoms with Crippen LogP contribution in [-0.2, 0) is 35.2 Å². The summed E-state index contributed by atoms with van der Waals surface area (Å²) in [7, 11) is 0. The summed E-state index contributed by atoms with van der Waals surface area (Å²) < 4.78 is 0. The van der Waals surface area contributed by atoms with Crippen molar-refractivity contribution in [2.75, 3.05) is 18.6 Å². The van der Waals surface area contributed by atoms with Crippen LogP contribution in [0.4, 0.5) is 0 Å². The molecule has 17 heteroatoms. The molecule has 0 aliphatic carbocycles. The molecule has 0 saturated carbocycles. The molecule has 0 saturated heterocycles. The number of aliphatic carboxylic acids is 1. The minimum absolute atomic E-state index is 0.0555. The molecule has 16 nitrogen and oxygen atoms in total. The Balaban J connectivity index is 3.29. The zero-order valence-corrected chi connectivity index (χ0v) is 28.6. The highest BCUT2D eigenvalue weighted by Gasteiger charge is 2.32. The lowest BCUT2D eigenvalue weighted by Gasteiger charge is -2.27. The smallest absolute Gasteiger partial charge is 0.326 e. The summed E-state index contributed by atoms with van der Waals surface area (Å²) in [6, 6.07) is 3.24. The maximum absolute atomic E-state index is 13.7. The van der Waals surface area contributed by atoms with Crippen LogP contribution in [0.3, 0.4) is 0 Å². The first-order chi connectivity index (χ1) is 22.6. The van der Waals surface area contributed by atoms with Gasteiger partial charge in [-0.3, -0.25) is 29.0 Å². The molecule has 0 heterocycles. The maximum Gasteiger partial charge on any atom is 0.326 e. The Bertz CT molecular complexity index is 1250. The molecule has 268 valence electrons. The van der Waals surface area contributed by atoms with Gasteiger partial charge in [-0.05, 0) is 55.6 Å². The number of carboxylic acids is 1. The van der Waals surface area contributed by atoms with E-state index in [0.717, 1.165) is 5.56 Å². The van der Waals surface area contributed by atoms with Gasteiger partial charge >= 0.3 is 5.97 Å². The maximum atomic E-state index is 13.7. The van der Waals surface area contributed by atoms with Gasteiger partial charge in [-0.1, -0.05) is 44.2 Å². The summed E-state index contributed by atoms with van der Waals surface area (Å²) >= 11 is 1.53. The van der Waals surface area contributed by atoms with Crippen LogP contribution in [0.2, 0.25) is 0 Å². The Morgan fingerprint density at radius 1 is 0.792 bits per heavy atom. The van der Waals surface area contributed by atoms with Crippen LogP contribution in [0.25, 0.3) is 0 Å². The van der Waals surface area contributed by atoms with Crippen LogP contribution in [0.5, 0.6) is 0 Å². The lowest BCUT2D eigenvalue weighted by Crippen LogP contribution is -2.59. The van der Waals surface area contributed by atoms with Gasteiger partial charge in [0, 0.05) is 19.4 Å². The number of carboxylic acid groups (broad SMARTS) is 1. The van der Waals surface area contributed by atoms with E-state index in [1.165, 1.54) is 11.8 Å². The average molecular weight is 694 g/mol. The van der Waals surface area contributed by atoms with E-state index in [1.807, 2.05) is 26.2 Å². The number of carbonyl (C=O) groups excluding carboxylic acids is 5. The van der Waals surface area contributed by atoms with Gasteiger partial charge < -0.3 is 49.3 Å². The number of hydrogen-bond acceptors (Lipinski definition) is 9. The summed E-state index contributed by atoms with van der Waals surface area (Å²) in [6.07, 6.45) is 2.33. The summed E-state index contributed by atoms with van der Waals surface area (Å²) in [5.74, 6) is -4.40.